The minimum Gasteiger partial charge on any atom is -0.489 e. The maximum atomic E-state index is 11.7. The van der Waals surface area contributed by atoms with Gasteiger partial charge in [-0.2, -0.15) is 0 Å². The van der Waals surface area contributed by atoms with E-state index in [4.69, 9.17) is 14.2 Å². The van der Waals surface area contributed by atoms with Crippen LogP contribution in [0.2, 0.25) is 0 Å². The number of amides is 1. The Morgan fingerprint density at radius 1 is 1.31 bits per heavy atom. The van der Waals surface area contributed by atoms with Crippen molar-refractivity contribution in [1.29, 1.82) is 0 Å². The molecular weight excluding hydrogens is 402 g/mol. The summed E-state index contributed by atoms with van der Waals surface area (Å²) in [6.07, 6.45) is 0. The van der Waals surface area contributed by atoms with Crippen LogP contribution in [0.15, 0.2) is 42.5 Å². The number of hydrogen-bond donors (Lipinski definition) is 1. The predicted molar refractivity (Wildman–Crippen MR) is 99.6 cm³/mol. The molecule has 0 fully saturated rings. The summed E-state index contributed by atoms with van der Waals surface area (Å²) in [5, 5.41) is 2.79. The average molecular weight is 420 g/mol. The predicted octanol–water partition coefficient (Wildman–Crippen LogP) is 3.60. The highest BCUT2D eigenvalue weighted by atomic mass is 79.9. The smallest absolute Gasteiger partial charge is 0.302 e. The van der Waals surface area contributed by atoms with Crippen molar-refractivity contribution in [1.82, 2.24) is 0 Å². The van der Waals surface area contributed by atoms with E-state index < -0.39 is 0 Å². The Kier molecular flexibility index (Phi) is 5.78. The van der Waals surface area contributed by atoms with Crippen LogP contribution >= 0.6 is 15.9 Å². The quantitative estimate of drug-likeness (QED) is 0.571. The van der Waals surface area contributed by atoms with Crippen LogP contribution in [0, 0.1) is 0 Å². The van der Waals surface area contributed by atoms with E-state index in [0.29, 0.717) is 23.8 Å². The molecule has 0 aromatic heterocycles. The van der Waals surface area contributed by atoms with Crippen molar-refractivity contribution in [2.75, 3.05) is 18.5 Å². The second-order valence-corrected chi connectivity index (χ2v) is 6.88. The van der Waals surface area contributed by atoms with Crippen LogP contribution in [0.3, 0.4) is 0 Å². The number of hydrogen-bond acceptors (Lipinski definition) is 5. The van der Waals surface area contributed by atoms with E-state index in [-0.39, 0.29) is 29.9 Å². The first-order valence-corrected chi connectivity index (χ1v) is 8.99. The Balaban J connectivity index is 1.85. The zero-order valence-electron chi connectivity index (χ0n) is 14.2. The maximum Gasteiger partial charge on any atom is 0.302 e. The van der Waals surface area contributed by atoms with Crippen LogP contribution in [-0.2, 0) is 20.9 Å². The summed E-state index contributed by atoms with van der Waals surface area (Å²) in [7, 11) is 0. The lowest BCUT2D eigenvalue weighted by Crippen LogP contribution is -2.26. The minimum absolute atomic E-state index is 0.0580. The maximum absolute atomic E-state index is 11.7. The molecular formula is C19H18BrNO5. The summed E-state index contributed by atoms with van der Waals surface area (Å²) in [4.78, 5) is 22.4. The molecule has 0 aliphatic carbocycles. The number of halogens is 1. The molecule has 1 heterocycles. The summed E-state index contributed by atoms with van der Waals surface area (Å²) < 4.78 is 16.5. The molecule has 7 heteroatoms. The number of carbonyl (C=O) groups is 2. The second-order valence-electron chi connectivity index (χ2n) is 5.77. The Morgan fingerprint density at radius 2 is 2.08 bits per heavy atom. The number of alkyl halides is 1. The standard InChI is InChI=1S/C19H18BrNO5/c1-12(22)24-10-16(20)15-7-14(25-9-13-5-3-2-4-6-13)8-17-19(15)26-11-18(23)21-17/h2-8,16H,9-11H2,1H3,(H,21,23). The van der Waals surface area contributed by atoms with Crippen LogP contribution in [0.4, 0.5) is 5.69 Å². The van der Waals surface area contributed by atoms with Crippen molar-refractivity contribution in [2.24, 2.45) is 0 Å². The van der Waals surface area contributed by atoms with Gasteiger partial charge >= 0.3 is 5.97 Å². The van der Waals surface area contributed by atoms with Gasteiger partial charge in [0.25, 0.3) is 5.91 Å². The van der Waals surface area contributed by atoms with E-state index in [1.54, 1.807) is 6.07 Å². The Morgan fingerprint density at radius 3 is 2.81 bits per heavy atom. The summed E-state index contributed by atoms with van der Waals surface area (Å²) in [5.41, 5.74) is 2.31. The summed E-state index contributed by atoms with van der Waals surface area (Å²) >= 11 is 3.51. The van der Waals surface area contributed by atoms with Crippen molar-refractivity contribution in [2.45, 2.75) is 18.4 Å². The van der Waals surface area contributed by atoms with Crippen molar-refractivity contribution < 1.29 is 23.8 Å². The van der Waals surface area contributed by atoms with Gasteiger partial charge in [-0.15, -0.1) is 0 Å². The van der Waals surface area contributed by atoms with E-state index in [0.717, 1.165) is 11.1 Å². The SMILES string of the molecule is CC(=O)OCC(Br)c1cc(OCc2ccccc2)cc2c1OCC(=O)N2. The Labute approximate surface area is 159 Å². The molecule has 0 saturated carbocycles. The van der Waals surface area contributed by atoms with Crippen LogP contribution in [0.5, 0.6) is 11.5 Å². The number of carbonyl (C=O) groups excluding carboxylic acids is 2. The van der Waals surface area contributed by atoms with Gasteiger partial charge in [0.1, 0.15) is 24.7 Å². The van der Waals surface area contributed by atoms with Gasteiger partial charge in [0, 0.05) is 18.6 Å². The zero-order chi connectivity index (χ0) is 18.5. The largest absolute Gasteiger partial charge is 0.489 e. The summed E-state index contributed by atoms with van der Waals surface area (Å²) in [6, 6.07) is 13.3. The molecule has 0 spiro atoms. The highest BCUT2D eigenvalue weighted by Gasteiger charge is 2.25. The molecule has 0 bridgehead atoms. The molecule has 1 aliphatic heterocycles. The number of fused-ring (bicyclic) bond motifs is 1. The van der Waals surface area contributed by atoms with Gasteiger partial charge in [0.15, 0.2) is 6.61 Å². The molecule has 1 atom stereocenters. The third-order valence-corrected chi connectivity index (χ3v) is 4.49. The van der Waals surface area contributed by atoms with Crippen LogP contribution in [0.25, 0.3) is 0 Å². The fourth-order valence-electron chi connectivity index (χ4n) is 2.54. The van der Waals surface area contributed by atoms with Crippen LogP contribution < -0.4 is 14.8 Å². The molecule has 6 nitrogen and oxygen atoms in total. The van der Waals surface area contributed by atoms with Crippen molar-refractivity contribution >= 4 is 33.5 Å². The number of ether oxygens (including phenoxy) is 3. The molecule has 2 aromatic rings. The molecule has 0 saturated heterocycles. The summed E-state index contributed by atoms with van der Waals surface area (Å²) in [5.74, 6) is 0.537. The monoisotopic (exact) mass is 419 g/mol. The lowest BCUT2D eigenvalue weighted by molar-refractivity contribution is -0.140. The topological polar surface area (TPSA) is 73.9 Å². The molecule has 0 radical (unpaired) electrons. The van der Waals surface area contributed by atoms with Gasteiger partial charge in [-0.3, -0.25) is 9.59 Å². The molecule has 1 aliphatic rings. The Hall–Kier alpha value is -2.54. The molecule has 26 heavy (non-hydrogen) atoms. The molecule has 1 unspecified atom stereocenters. The first kappa shape index (κ1) is 18.3. The Bertz CT molecular complexity index is 809. The van der Waals surface area contributed by atoms with Gasteiger partial charge < -0.3 is 19.5 Å². The molecule has 3 rings (SSSR count). The van der Waals surface area contributed by atoms with E-state index in [2.05, 4.69) is 21.2 Å². The van der Waals surface area contributed by atoms with Gasteiger partial charge in [-0.25, -0.2) is 0 Å². The zero-order valence-corrected chi connectivity index (χ0v) is 15.7. The van der Waals surface area contributed by atoms with E-state index in [1.165, 1.54) is 6.92 Å². The lowest BCUT2D eigenvalue weighted by Gasteiger charge is -2.24. The van der Waals surface area contributed by atoms with E-state index in [1.807, 2.05) is 36.4 Å². The first-order chi connectivity index (χ1) is 12.5. The number of rotatable bonds is 6. The van der Waals surface area contributed by atoms with Gasteiger partial charge in [-0.05, 0) is 11.6 Å². The fourth-order valence-corrected chi connectivity index (χ4v) is 3.01. The number of benzene rings is 2. The number of esters is 1. The van der Waals surface area contributed by atoms with Gasteiger partial charge in [-0.1, -0.05) is 46.3 Å². The second kappa shape index (κ2) is 8.23. The van der Waals surface area contributed by atoms with Crippen molar-refractivity contribution in [3.05, 3.63) is 53.6 Å². The van der Waals surface area contributed by atoms with E-state index >= 15 is 0 Å². The first-order valence-electron chi connectivity index (χ1n) is 8.07. The molecule has 1 N–H and O–H groups in total. The van der Waals surface area contributed by atoms with Gasteiger partial charge in [0.05, 0.1) is 10.5 Å². The van der Waals surface area contributed by atoms with Crippen LogP contribution in [-0.4, -0.2) is 25.1 Å². The van der Waals surface area contributed by atoms with Crippen molar-refractivity contribution in [3.63, 3.8) is 0 Å². The molecule has 1 amide bonds. The molecule has 2 aromatic carbocycles. The van der Waals surface area contributed by atoms with E-state index in [9.17, 15) is 9.59 Å². The highest BCUT2D eigenvalue weighted by Crippen LogP contribution is 2.42. The number of nitrogens with one attached hydrogen (secondary N) is 1. The lowest BCUT2D eigenvalue weighted by atomic mass is 10.1. The van der Waals surface area contributed by atoms with Crippen molar-refractivity contribution in [3.8, 4) is 11.5 Å². The minimum atomic E-state index is -0.367. The summed E-state index contributed by atoms with van der Waals surface area (Å²) in [6.45, 7) is 1.83. The van der Waals surface area contributed by atoms with Crippen LogP contribution in [0.1, 0.15) is 22.9 Å². The fraction of sp³-hybridized carbons (Fsp3) is 0.263. The average Bonchev–Trinajstić information content (AvgIpc) is 2.64. The van der Waals surface area contributed by atoms with Gasteiger partial charge in [0.2, 0.25) is 0 Å². The normalized spacial score (nSPS) is 13.8. The third-order valence-electron chi connectivity index (χ3n) is 3.73. The highest BCUT2D eigenvalue weighted by molar-refractivity contribution is 9.09. The molecule has 136 valence electrons. The third kappa shape index (κ3) is 4.54. The number of anilines is 1.